The minimum absolute atomic E-state index is 0.0379. The molecule has 2 fully saturated rings. The van der Waals surface area contributed by atoms with Crippen molar-refractivity contribution >= 4 is 17.7 Å². The van der Waals surface area contributed by atoms with E-state index in [2.05, 4.69) is 10.2 Å². The van der Waals surface area contributed by atoms with E-state index in [1.807, 2.05) is 37.3 Å². The summed E-state index contributed by atoms with van der Waals surface area (Å²) in [5.41, 5.74) is 2.03. The van der Waals surface area contributed by atoms with Crippen LogP contribution in [0.3, 0.4) is 0 Å². The van der Waals surface area contributed by atoms with Crippen LogP contribution < -0.4 is 10.1 Å². The molecule has 4 rings (SSSR count). The molecule has 6 heteroatoms. The van der Waals surface area contributed by atoms with E-state index in [1.165, 1.54) is 25.7 Å². The molecule has 1 saturated carbocycles. The molecule has 1 N–H and O–H groups in total. The molecule has 2 amide bonds. The Morgan fingerprint density at radius 3 is 2.64 bits per heavy atom. The Kier molecular flexibility index (Phi) is 7.87. The van der Waals surface area contributed by atoms with Gasteiger partial charge >= 0.3 is 6.09 Å². The van der Waals surface area contributed by atoms with Gasteiger partial charge in [-0.1, -0.05) is 50.1 Å². The average Bonchev–Trinajstić information content (AvgIpc) is 2.86. The maximum absolute atomic E-state index is 13.6. The lowest BCUT2D eigenvalue weighted by Gasteiger charge is -2.44. The number of likely N-dealkylation sites (tertiary alicyclic amines) is 1. The van der Waals surface area contributed by atoms with Gasteiger partial charge in [0.1, 0.15) is 12.4 Å². The number of ether oxygens (including phenoxy) is 2. The van der Waals surface area contributed by atoms with Gasteiger partial charge in [-0.05, 0) is 55.7 Å². The molecule has 1 aliphatic carbocycles. The molecule has 2 aromatic rings. The SMILES string of the molecule is CCCOc1cc(NC(=O)OCc2ccccc2)ccc1C(=O)N1CCC[C@H]2CCCC[C@H]21. The largest absolute Gasteiger partial charge is 0.493 e. The van der Waals surface area contributed by atoms with E-state index in [1.54, 1.807) is 18.2 Å². The third kappa shape index (κ3) is 5.86. The summed E-state index contributed by atoms with van der Waals surface area (Å²) >= 11 is 0. The van der Waals surface area contributed by atoms with Crippen LogP contribution in [0.15, 0.2) is 48.5 Å². The fourth-order valence-corrected chi connectivity index (χ4v) is 5.02. The number of anilines is 1. The fraction of sp³-hybridized carbons (Fsp3) is 0.481. The highest BCUT2D eigenvalue weighted by Gasteiger charge is 2.36. The Labute approximate surface area is 196 Å². The quantitative estimate of drug-likeness (QED) is 0.560. The van der Waals surface area contributed by atoms with Crippen LogP contribution in [0, 0.1) is 5.92 Å². The molecule has 0 aromatic heterocycles. The highest BCUT2D eigenvalue weighted by molar-refractivity contribution is 5.98. The van der Waals surface area contributed by atoms with Crippen LogP contribution in [0.2, 0.25) is 0 Å². The predicted octanol–water partition coefficient (Wildman–Crippen LogP) is 6.02. The molecule has 0 radical (unpaired) electrons. The predicted molar refractivity (Wildman–Crippen MR) is 128 cm³/mol. The van der Waals surface area contributed by atoms with Crippen LogP contribution in [0.1, 0.15) is 67.8 Å². The molecule has 0 unspecified atom stereocenters. The van der Waals surface area contributed by atoms with E-state index in [4.69, 9.17) is 9.47 Å². The van der Waals surface area contributed by atoms with Crippen molar-refractivity contribution < 1.29 is 19.1 Å². The lowest BCUT2D eigenvalue weighted by Crippen LogP contribution is -2.49. The smallest absolute Gasteiger partial charge is 0.411 e. The normalized spacial score (nSPS) is 20.0. The standard InChI is InChI=1S/C27H34N2O4/c1-2-17-32-25-18-22(28-27(31)33-19-20-9-4-3-5-10-20)14-15-23(25)26(30)29-16-8-12-21-11-6-7-13-24(21)29/h3-5,9-10,14-15,18,21,24H,2,6-8,11-13,16-17,19H2,1H3,(H,28,31)/t21-,24-/m1/s1. The molecule has 176 valence electrons. The topological polar surface area (TPSA) is 67.9 Å². The number of fused-ring (bicyclic) bond motifs is 1. The van der Waals surface area contributed by atoms with E-state index < -0.39 is 6.09 Å². The lowest BCUT2D eigenvalue weighted by atomic mass is 9.78. The van der Waals surface area contributed by atoms with Crippen molar-refractivity contribution in [3.05, 3.63) is 59.7 Å². The van der Waals surface area contributed by atoms with Crippen LogP contribution in [0.25, 0.3) is 0 Å². The van der Waals surface area contributed by atoms with Gasteiger partial charge in [0.05, 0.1) is 12.2 Å². The van der Waals surface area contributed by atoms with Crippen molar-refractivity contribution in [3.63, 3.8) is 0 Å². The minimum atomic E-state index is -0.541. The summed E-state index contributed by atoms with van der Waals surface area (Å²) < 4.78 is 11.3. The van der Waals surface area contributed by atoms with Crippen LogP contribution in [-0.2, 0) is 11.3 Å². The Morgan fingerprint density at radius 2 is 1.82 bits per heavy atom. The third-order valence-corrected chi connectivity index (χ3v) is 6.64. The number of rotatable bonds is 7. The molecule has 0 spiro atoms. The number of amides is 2. The van der Waals surface area contributed by atoms with Crippen LogP contribution >= 0.6 is 0 Å². The van der Waals surface area contributed by atoms with Crippen molar-refractivity contribution in [2.75, 3.05) is 18.5 Å². The molecule has 2 aromatic carbocycles. The zero-order valence-corrected chi connectivity index (χ0v) is 19.4. The Morgan fingerprint density at radius 1 is 1.03 bits per heavy atom. The molecule has 33 heavy (non-hydrogen) atoms. The molecule has 1 saturated heterocycles. The second-order valence-corrected chi connectivity index (χ2v) is 9.00. The van der Waals surface area contributed by atoms with Crippen LogP contribution in [-0.4, -0.2) is 36.1 Å². The fourth-order valence-electron chi connectivity index (χ4n) is 5.02. The van der Waals surface area contributed by atoms with E-state index >= 15 is 0 Å². The van der Waals surface area contributed by atoms with Gasteiger partial charge < -0.3 is 14.4 Å². The first-order valence-electron chi connectivity index (χ1n) is 12.2. The lowest BCUT2D eigenvalue weighted by molar-refractivity contribution is 0.0387. The molecule has 1 aliphatic heterocycles. The monoisotopic (exact) mass is 450 g/mol. The summed E-state index contributed by atoms with van der Waals surface area (Å²) in [7, 11) is 0. The average molecular weight is 451 g/mol. The van der Waals surface area contributed by atoms with E-state index in [-0.39, 0.29) is 12.5 Å². The number of benzene rings is 2. The maximum atomic E-state index is 13.6. The Bertz CT molecular complexity index is 944. The van der Waals surface area contributed by atoms with Gasteiger partial charge in [0.15, 0.2) is 0 Å². The summed E-state index contributed by atoms with van der Waals surface area (Å²) in [6.45, 7) is 3.54. The highest BCUT2D eigenvalue weighted by atomic mass is 16.5. The summed E-state index contributed by atoms with van der Waals surface area (Å²) in [5, 5.41) is 2.75. The van der Waals surface area contributed by atoms with Gasteiger partial charge in [0, 0.05) is 24.3 Å². The summed E-state index contributed by atoms with van der Waals surface area (Å²) in [5.74, 6) is 1.17. The zero-order valence-electron chi connectivity index (χ0n) is 19.4. The van der Waals surface area contributed by atoms with Crippen molar-refractivity contribution in [3.8, 4) is 5.75 Å². The molecule has 6 nitrogen and oxygen atoms in total. The van der Waals surface area contributed by atoms with Crippen molar-refractivity contribution in [1.29, 1.82) is 0 Å². The second kappa shape index (κ2) is 11.2. The number of nitrogens with zero attached hydrogens (tertiary/aromatic N) is 1. The third-order valence-electron chi connectivity index (χ3n) is 6.64. The molecule has 2 atom stereocenters. The summed E-state index contributed by atoms with van der Waals surface area (Å²) in [4.78, 5) is 27.9. The van der Waals surface area contributed by atoms with Crippen molar-refractivity contribution in [1.82, 2.24) is 4.90 Å². The molecule has 2 aliphatic rings. The van der Waals surface area contributed by atoms with E-state index in [0.717, 1.165) is 31.4 Å². The van der Waals surface area contributed by atoms with Gasteiger partial charge in [0.2, 0.25) is 0 Å². The molecule has 0 bridgehead atoms. The summed E-state index contributed by atoms with van der Waals surface area (Å²) in [6, 6.07) is 15.1. The number of carbonyl (C=O) groups is 2. The van der Waals surface area contributed by atoms with Crippen LogP contribution in [0.4, 0.5) is 10.5 Å². The van der Waals surface area contributed by atoms with Gasteiger partial charge in [-0.15, -0.1) is 0 Å². The van der Waals surface area contributed by atoms with Crippen molar-refractivity contribution in [2.45, 2.75) is 64.5 Å². The van der Waals surface area contributed by atoms with Gasteiger partial charge in [0.25, 0.3) is 5.91 Å². The second-order valence-electron chi connectivity index (χ2n) is 9.00. The number of hydrogen-bond acceptors (Lipinski definition) is 4. The summed E-state index contributed by atoms with van der Waals surface area (Å²) in [6.07, 6.45) is 7.36. The van der Waals surface area contributed by atoms with Gasteiger partial charge in [-0.2, -0.15) is 0 Å². The molecule has 1 heterocycles. The Balaban J connectivity index is 1.46. The van der Waals surface area contributed by atoms with Gasteiger partial charge in [-0.3, -0.25) is 10.1 Å². The number of hydrogen-bond donors (Lipinski definition) is 1. The molecular formula is C27H34N2O4. The zero-order chi connectivity index (χ0) is 23.0. The van der Waals surface area contributed by atoms with E-state index in [0.29, 0.717) is 35.6 Å². The highest BCUT2D eigenvalue weighted by Crippen LogP contribution is 2.37. The maximum Gasteiger partial charge on any atom is 0.411 e. The van der Waals surface area contributed by atoms with E-state index in [9.17, 15) is 9.59 Å². The number of carbonyl (C=O) groups excluding carboxylic acids is 2. The van der Waals surface area contributed by atoms with Crippen molar-refractivity contribution in [2.24, 2.45) is 5.92 Å². The van der Waals surface area contributed by atoms with Gasteiger partial charge in [-0.25, -0.2) is 4.79 Å². The first kappa shape index (κ1) is 23.1. The Hall–Kier alpha value is -3.02. The van der Waals surface area contributed by atoms with Crippen LogP contribution in [0.5, 0.6) is 5.75 Å². The molecular weight excluding hydrogens is 416 g/mol. The number of nitrogens with one attached hydrogen (secondary N) is 1. The number of piperidine rings is 1. The minimum Gasteiger partial charge on any atom is -0.493 e. The first-order valence-corrected chi connectivity index (χ1v) is 12.2. The first-order chi connectivity index (χ1) is 16.2.